The zero-order valence-electron chi connectivity index (χ0n) is 31.3. The second-order valence-corrected chi connectivity index (χ2v) is 14.3. The van der Waals surface area contributed by atoms with Crippen molar-refractivity contribution in [1.82, 2.24) is 35.1 Å². The summed E-state index contributed by atoms with van der Waals surface area (Å²) in [7, 11) is 3.22. The second kappa shape index (κ2) is 15.3. The molecule has 2 unspecified atom stereocenters. The molecule has 8 rings (SSSR count). The van der Waals surface area contributed by atoms with Crippen molar-refractivity contribution in [2.75, 3.05) is 37.4 Å². The fourth-order valence-corrected chi connectivity index (χ4v) is 7.38. The number of imide groups is 2. The molecule has 0 aliphatic carbocycles. The number of pyridine rings is 1. The standard InChI is InChI=1S/C41H36FN9O7/c1-48(2)40(56)30-20-27(15-16-43-30)58-26-11-12-32(29(42)19-26)50-22-31(46-47-50)23-6-3-8-25(18-23)44-37(53)24-7-5-17-49(21-24)33-10-4-9-28-36(33)41(57)51(39(28)55)34-13-14-35(52)45-38(34)54/h3-4,6,8-12,15-16,18-20,22,24,34H,5,7,13-14,17,21H2,1-2H3,(H,44,53)(H,45,52,54). The number of amides is 6. The highest BCUT2D eigenvalue weighted by molar-refractivity contribution is 6.25. The van der Waals surface area contributed by atoms with Crippen molar-refractivity contribution in [2.45, 2.75) is 31.7 Å². The highest BCUT2D eigenvalue weighted by Crippen LogP contribution is 2.36. The van der Waals surface area contributed by atoms with Crippen LogP contribution in [-0.2, 0) is 14.4 Å². The molecule has 0 spiro atoms. The Labute approximate surface area is 330 Å². The zero-order chi connectivity index (χ0) is 40.7. The molecule has 294 valence electrons. The van der Waals surface area contributed by atoms with Crippen molar-refractivity contribution in [1.29, 1.82) is 0 Å². The molecule has 2 atom stereocenters. The molecule has 3 aromatic carbocycles. The number of piperidine rings is 2. The topological polar surface area (TPSA) is 189 Å². The Morgan fingerprint density at radius 2 is 1.74 bits per heavy atom. The quantitative estimate of drug-likeness (QED) is 0.204. The number of benzene rings is 3. The highest BCUT2D eigenvalue weighted by atomic mass is 19.1. The Kier molecular flexibility index (Phi) is 9.94. The molecule has 3 aliphatic heterocycles. The SMILES string of the molecule is CN(C)C(=O)c1cc(Oc2ccc(-n3cc(-c4cccc(NC(=O)C5CCCN(c6cccc7c6C(=O)N(C6CCC(=O)NC6=O)C7=O)C5)c4)nn3)c(F)c2)ccn1. The summed E-state index contributed by atoms with van der Waals surface area (Å²) in [6.07, 6.45) is 4.31. The minimum absolute atomic E-state index is 0.0209. The van der Waals surface area contributed by atoms with E-state index >= 15 is 4.39 Å². The molecule has 0 radical (unpaired) electrons. The van der Waals surface area contributed by atoms with Gasteiger partial charge in [-0.05, 0) is 61.7 Å². The van der Waals surface area contributed by atoms with Crippen LogP contribution in [0.25, 0.3) is 16.9 Å². The van der Waals surface area contributed by atoms with Gasteiger partial charge in [-0.3, -0.25) is 44.0 Å². The van der Waals surface area contributed by atoms with E-state index in [2.05, 4.69) is 25.9 Å². The number of hydrogen-bond acceptors (Lipinski definition) is 11. The molecule has 2 aromatic heterocycles. The summed E-state index contributed by atoms with van der Waals surface area (Å²) >= 11 is 0. The summed E-state index contributed by atoms with van der Waals surface area (Å²) in [6.45, 7) is 0.831. The normalized spacial score (nSPS) is 17.8. The Hall–Kier alpha value is -7.30. The molecule has 6 amide bonds. The van der Waals surface area contributed by atoms with E-state index in [1.807, 2.05) is 4.90 Å². The van der Waals surface area contributed by atoms with E-state index in [9.17, 15) is 28.8 Å². The Morgan fingerprint density at radius 1 is 0.931 bits per heavy atom. The molecule has 58 heavy (non-hydrogen) atoms. The van der Waals surface area contributed by atoms with Crippen LogP contribution in [0.15, 0.2) is 85.2 Å². The van der Waals surface area contributed by atoms with Gasteiger partial charge in [0.2, 0.25) is 17.7 Å². The first-order valence-corrected chi connectivity index (χ1v) is 18.5. The van der Waals surface area contributed by atoms with Gasteiger partial charge in [0.1, 0.15) is 34.6 Å². The Balaban J connectivity index is 0.930. The van der Waals surface area contributed by atoms with Crippen LogP contribution in [0.4, 0.5) is 15.8 Å². The first kappa shape index (κ1) is 37.6. The third-order valence-corrected chi connectivity index (χ3v) is 10.3. The number of hydrogen-bond donors (Lipinski definition) is 2. The van der Waals surface area contributed by atoms with Crippen LogP contribution in [0.1, 0.15) is 56.9 Å². The van der Waals surface area contributed by atoms with Gasteiger partial charge in [0.05, 0.1) is 28.9 Å². The number of carbonyl (C=O) groups excluding carboxylic acids is 6. The largest absolute Gasteiger partial charge is 0.457 e. The number of anilines is 2. The van der Waals surface area contributed by atoms with Gasteiger partial charge in [-0.15, -0.1) is 5.10 Å². The zero-order valence-corrected chi connectivity index (χ0v) is 31.3. The number of aromatic nitrogens is 4. The monoisotopic (exact) mass is 785 g/mol. The van der Waals surface area contributed by atoms with Gasteiger partial charge >= 0.3 is 0 Å². The Bertz CT molecular complexity index is 2520. The van der Waals surface area contributed by atoms with Crippen LogP contribution in [0.5, 0.6) is 11.5 Å². The number of fused-ring (bicyclic) bond motifs is 1. The lowest BCUT2D eigenvalue weighted by molar-refractivity contribution is -0.136. The number of halogens is 1. The number of rotatable bonds is 9. The molecule has 5 aromatic rings. The maximum absolute atomic E-state index is 15.4. The van der Waals surface area contributed by atoms with E-state index in [1.165, 1.54) is 34.0 Å². The third kappa shape index (κ3) is 7.24. The average Bonchev–Trinajstić information content (AvgIpc) is 3.80. The predicted molar refractivity (Wildman–Crippen MR) is 206 cm³/mol. The summed E-state index contributed by atoms with van der Waals surface area (Å²) in [5.41, 5.74) is 2.73. The molecular formula is C41H36FN9O7. The molecule has 3 aliphatic rings. The summed E-state index contributed by atoms with van der Waals surface area (Å²) in [4.78, 5) is 85.6. The molecule has 17 heteroatoms. The fourth-order valence-electron chi connectivity index (χ4n) is 7.38. The summed E-state index contributed by atoms with van der Waals surface area (Å²) < 4.78 is 22.4. The molecule has 2 saturated heterocycles. The minimum Gasteiger partial charge on any atom is -0.457 e. The van der Waals surface area contributed by atoms with Crippen LogP contribution < -0.4 is 20.3 Å². The molecule has 0 saturated carbocycles. The average molecular weight is 786 g/mol. The molecule has 0 bridgehead atoms. The van der Waals surface area contributed by atoms with Crippen LogP contribution >= 0.6 is 0 Å². The van der Waals surface area contributed by atoms with Gasteiger partial charge < -0.3 is 19.9 Å². The third-order valence-electron chi connectivity index (χ3n) is 10.3. The summed E-state index contributed by atoms with van der Waals surface area (Å²) in [6, 6.07) is 18.2. The van der Waals surface area contributed by atoms with E-state index in [-0.39, 0.29) is 59.5 Å². The van der Waals surface area contributed by atoms with Gasteiger partial charge in [-0.2, -0.15) is 0 Å². The summed E-state index contributed by atoms with van der Waals surface area (Å²) in [5.74, 6) is -3.42. The Morgan fingerprint density at radius 3 is 2.53 bits per heavy atom. The maximum atomic E-state index is 15.4. The van der Waals surface area contributed by atoms with Crippen LogP contribution in [0.3, 0.4) is 0 Å². The first-order valence-electron chi connectivity index (χ1n) is 18.5. The maximum Gasteiger partial charge on any atom is 0.272 e. The predicted octanol–water partition coefficient (Wildman–Crippen LogP) is 4.22. The van der Waals surface area contributed by atoms with Crippen molar-refractivity contribution in [2.24, 2.45) is 5.92 Å². The molecule has 2 N–H and O–H groups in total. The number of nitrogens with one attached hydrogen (secondary N) is 2. The van der Waals surface area contributed by atoms with Gasteiger partial charge in [0, 0.05) is 63.2 Å². The van der Waals surface area contributed by atoms with E-state index in [0.717, 1.165) is 4.90 Å². The van der Waals surface area contributed by atoms with Crippen LogP contribution in [-0.4, -0.2) is 98.4 Å². The number of ether oxygens (including phenoxy) is 1. The molecule has 5 heterocycles. The van der Waals surface area contributed by atoms with Crippen LogP contribution in [0.2, 0.25) is 0 Å². The van der Waals surface area contributed by atoms with E-state index < -0.39 is 41.4 Å². The van der Waals surface area contributed by atoms with Gasteiger partial charge in [0.15, 0.2) is 5.82 Å². The number of nitrogens with zero attached hydrogens (tertiary/aromatic N) is 7. The van der Waals surface area contributed by atoms with Crippen molar-refractivity contribution >= 4 is 46.8 Å². The van der Waals surface area contributed by atoms with E-state index in [0.29, 0.717) is 47.8 Å². The van der Waals surface area contributed by atoms with Crippen LogP contribution in [0, 0.1) is 11.7 Å². The molecule has 16 nitrogen and oxygen atoms in total. The van der Waals surface area contributed by atoms with Gasteiger partial charge in [0.25, 0.3) is 17.7 Å². The van der Waals surface area contributed by atoms with Crippen molar-refractivity contribution in [3.63, 3.8) is 0 Å². The van der Waals surface area contributed by atoms with Gasteiger partial charge in [-0.1, -0.05) is 23.4 Å². The number of carbonyl (C=O) groups is 6. The van der Waals surface area contributed by atoms with Crippen molar-refractivity contribution in [3.8, 4) is 28.4 Å². The molecule has 2 fully saturated rings. The van der Waals surface area contributed by atoms with Gasteiger partial charge in [-0.25, -0.2) is 9.07 Å². The summed E-state index contributed by atoms with van der Waals surface area (Å²) in [5, 5.41) is 13.6. The highest BCUT2D eigenvalue weighted by Gasteiger charge is 2.46. The van der Waals surface area contributed by atoms with Crippen molar-refractivity contribution < 1.29 is 37.9 Å². The smallest absolute Gasteiger partial charge is 0.272 e. The van der Waals surface area contributed by atoms with E-state index in [4.69, 9.17) is 4.74 Å². The first-order chi connectivity index (χ1) is 27.9. The van der Waals surface area contributed by atoms with E-state index in [1.54, 1.807) is 74.9 Å². The lowest BCUT2D eigenvalue weighted by atomic mass is 9.95. The lowest BCUT2D eigenvalue weighted by Crippen LogP contribution is -2.54. The fraction of sp³-hybridized carbons (Fsp3) is 0.244. The second-order valence-electron chi connectivity index (χ2n) is 14.3. The van der Waals surface area contributed by atoms with Crippen molar-refractivity contribution in [3.05, 3.63) is 108 Å². The lowest BCUT2D eigenvalue weighted by Gasteiger charge is -2.34. The minimum atomic E-state index is -1.08. The molecular weight excluding hydrogens is 750 g/mol.